The molecule has 0 aliphatic carbocycles. The monoisotopic (exact) mass is 516 g/mol. The Morgan fingerprint density at radius 2 is 1.72 bits per heavy atom. The molecule has 1 amide bonds. The number of rotatable bonds is 9. The zero-order valence-corrected chi connectivity index (χ0v) is 20.3. The van der Waals surface area contributed by atoms with Gasteiger partial charge in [0.05, 0.1) is 17.1 Å². The molecule has 0 aliphatic heterocycles. The van der Waals surface area contributed by atoms with Gasteiger partial charge in [0.15, 0.2) is 0 Å². The van der Waals surface area contributed by atoms with E-state index in [1.165, 1.54) is 0 Å². The van der Waals surface area contributed by atoms with Crippen LogP contribution >= 0.6 is 15.9 Å². The number of ether oxygens (including phenoxy) is 1. The number of halogens is 1. The first-order valence-corrected chi connectivity index (χ1v) is 12.3. The Kier molecular flexibility index (Phi) is 7.93. The Balaban J connectivity index is 1.72. The summed E-state index contributed by atoms with van der Waals surface area (Å²) in [5.74, 6) is 0.327. The van der Waals surface area contributed by atoms with Gasteiger partial charge in [-0.15, -0.1) is 0 Å². The number of aryl methyl sites for hydroxylation is 2. The second-order valence-corrected chi connectivity index (χ2v) is 10.0. The first kappa shape index (κ1) is 23.8. The van der Waals surface area contributed by atoms with Crippen LogP contribution in [0.1, 0.15) is 11.1 Å². The van der Waals surface area contributed by atoms with Crippen LogP contribution in [0, 0.1) is 13.8 Å². The van der Waals surface area contributed by atoms with E-state index in [4.69, 9.17) is 4.74 Å². The van der Waals surface area contributed by atoms with Crippen LogP contribution in [0.4, 0.5) is 5.69 Å². The summed E-state index contributed by atoms with van der Waals surface area (Å²) < 4.78 is 34.2. The molecule has 8 heteroatoms. The highest BCUT2D eigenvalue weighted by Crippen LogP contribution is 2.26. The predicted octanol–water partition coefficient (Wildman–Crippen LogP) is 4.46. The maximum absolute atomic E-state index is 13.3. The van der Waals surface area contributed by atoms with Gasteiger partial charge in [-0.25, -0.2) is 8.42 Å². The molecule has 0 radical (unpaired) electrons. The molecule has 3 aromatic rings. The third-order valence-corrected chi connectivity index (χ3v) is 7.05. The van der Waals surface area contributed by atoms with Crippen molar-refractivity contribution in [1.29, 1.82) is 0 Å². The van der Waals surface area contributed by atoms with Crippen molar-refractivity contribution in [3.05, 3.63) is 88.4 Å². The normalized spacial score (nSPS) is 11.1. The smallest absolute Gasteiger partial charge is 0.264 e. The lowest BCUT2D eigenvalue weighted by Gasteiger charge is -2.24. The Bertz CT molecular complexity index is 1180. The van der Waals surface area contributed by atoms with Crippen LogP contribution in [-0.4, -0.2) is 34.0 Å². The van der Waals surface area contributed by atoms with Crippen LogP contribution in [0.3, 0.4) is 0 Å². The van der Waals surface area contributed by atoms with Gasteiger partial charge in [-0.1, -0.05) is 57.9 Å². The lowest BCUT2D eigenvalue weighted by molar-refractivity contribution is -0.119. The van der Waals surface area contributed by atoms with E-state index >= 15 is 0 Å². The van der Waals surface area contributed by atoms with Crippen LogP contribution in [0.2, 0.25) is 0 Å². The third-order valence-electron chi connectivity index (χ3n) is 4.77. The Morgan fingerprint density at radius 3 is 2.41 bits per heavy atom. The Hall–Kier alpha value is -2.84. The molecular weight excluding hydrogens is 492 g/mol. The SMILES string of the molecule is Cc1ccc(S(=O)(=O)N(CC(=O)NCCOc2ccccc2C)c2cccc(Br)c2)cc1. The van der Waals surface area contributed by atoms with Crippen LogP contribution < -0.4 is 14.4 Å². The summed E-state index contributed by atoms with van der Waals surface area (Å²) in [7, 11) is -3.94. The van der Waals surface area contributed by atoms with Gasteiger partial charge in [-0.05, 0) is 55.8 Å². The molecule has 0 aliphatic rings. The summed E-state index contributed by atoms with van der Waals surface area (Å²) in [6.07, 6.45) is 0. The van der Waals surface area contributed by atoms with E-state index in [1.54, 1.807) is 48.5 Å². The molecule has 3 rings (SSSR count). The van der Waals surface area contributed by atoms with E-state index in [0.717, 1.165) is 21.2 Å². The van der Waals surface area contributed by atoms with Crippen LogP contribution in [0.25, 0.3) is 0 Å². The zero-order chi connectivity index (χ0) is 23.1. The number of hydrogen-bond donors (Lipinski definition) is 1. The van der Waals surface area contributed by atoms with Crippen LogP contribution in [-0.2, 0) is 14.8 Å². The number of sulfonamides is 1. The fraction of sp³-hybridized carbons (Fsp3) is 0.208. The third kappa shape index (κ3) is 6.11. The van der Waals surface area contributed by atoms with Gasteiger partial charge < -0.3 is 10.1 Å². The molecule has 0 bridgehead atoms. The number of hydrogen-bond acceptors (Lipinski definition) is 4. The number of amides is 1. The molecule has 0 atom stereocenters. The fourth-order valence-electron chi connectivity index (χ4n) is 3.04. The first-order chi connectivity index (χ1) is 15.3. The number of anilines is 1. The highest BCUT2D eigenvalue weighted by molar-refractivity contribution is 9.10. The lowest BCUT2D eigenvalue weighted by Crippen LogP contribution is -2.42. The average Bonchev–Trinajstić information content (AvgIpc) is 2.76. The van der Waals surface area contributed by atoms with Gasteiger partial charge in [0.1, 0.15) is 18.9 Å². The van der Waals surface area contributed by atoms with Crippen LogP contribution in [0.15, 0.2) is 82.2 Å². The molecule has 6 nitrogen and oxygen atoms in total. The molecular formula is C24H25BrN2O4S. The van der Waals surface area contributed by atoms with Crippen molar-refractivity contribution in [2.24, 2.45) is 0 Å². The second-order valence-electron chi connectivity index (χ2n) is 7.27. The van der Waals surface area contributed by atoms with Crippen molar-refractivity contribution in [3.63, 3.8) is 0 Å². The Morgan fingerprint density at radius 1 is 1.00 bits per heavy atom. The summed E-state index contributed by atoms with van der Waals surface area (Å²) in [6, 6.07) is 21.0. The van der Waals surface area contributed by atoms with E-state index in [1.807, 2.05) is 38.1 Å². The summed E-state index contributed by atoms with van der Waals surface area (Å²) in [6.45, 7) is 4.01. The lowest BCUT2D eigenvalue weighted by atomic mass is 10.2. The number of para-hydroxylation sites is 1. The van der Waals surface area contributed by atoms with Gasteiger partial charge in [0.25, 0.3) is 10.0 Å². The van der Waals surface area contributed by atoms with E-state index in [-0.39, 0.29) is 24.6 Å². The van der Waals surface area contributed by atoms with E-state index in [0.29, 0.717) is 10.2 Å². The number of benzene rings is 3. The maximum atomic E-state index is 13.3. The molecule has 1 N–H and O–H groups in total. The molecule has 32 heavy (non-hydrogen) atoms. The van der Waals surface area contributed by atoms with Gasteiger partial charge >= 0.3 is 0 Å². The fourth-order valence-corrected chi connectivity index (χ4v) is 4.84. The van der Waals surface area contributed by atoms with Gasteiger partial charge in [0, 0.05) is 4.47 Å². The summed E-state index contributed by atoms with van der Waals surface area (Å²) in [5.41, 5.74) is 2.35. The van der Waals surface area contributed by atoms with Crippen molar-refractivity contribution in [1.82, 2.24) is 5.32 Å². The number of nitrogens with one attached hydrogen (secondary N) is 1. The number of carbonyl (C=O) groups excluding carboxylic acids is 1. The largest absolute Gasteiger partial charge is 0.491 e. The molecule has 0 aromatic heterocycles. The van der Waals surface area contributed by atoms with Gasteiger partial charge in [0.2, 0.25) is 5.91 Å². The second kappa shape index (κ2) is 10.7. The first-order valence-electron chi connectivity index (χ1n) is 10.1. The minimum Gasteiger partial charge on any atom is -0.491 e. The standard InChI is InChI=1S/C24H25BrN2O4S/c1-18-10-12-22(13-11-18)32(29,30)27(21-8-5-7-20(25)16-21)17-24(28)26-14-15-31-23-9-4-3-6-19(23)2/h3-13,16H,14-15,17H2,1-2H3,(H,26,28). The maximum Gasteiger partial charge on any atom is 0.264 e. The number of carbonyl (C=O) groups is 1. The van der Waals surface area contributed by atoms with E-state index < -0.39 is 15.9 Å². The van der Waals surface area contributed by atoms with Crippen molar-refractivity contribution in [3.8, 4) is 5.75 Å². The highest BCUT2D eigenvalue weighted by Gasteiger charge is 2.27. The molecule has 0 spiro atoms. The average molecular weight is 517 g/mol. The molecule has 0 saturated heterocycles. The van der Waals surface area contributed by atoms with Gasteiger partial charge in [-0.3, -0.25) is 9.10 Å². The minimum absolute atomic E-state index is 0.124. The van der Waals surface area contributed by atoms with Crippen LogP contribution in [0.5, 0.6) is 5.75 Å². The molecule has 3 aromatic carbocycles. The zero-order valence-electron chi connectivity index (χ0n) is 17.9. The van der Waals surface area contributed by atoms with Crippen molar-refractivity contribution in [2.75, 3.05) is 24.0 Å². The van der Waals surface area contributed by atoms with E-state index in [2.05, 4.69) is 21.2 Å². The number of nitrogens with zero attached hydrogens (tertiary/aromatic N) is 1. The topological polar surface area (TPSA) is 75.7 Å². The predicted molar refractivity (Wildman–Crippen MR) is 130 cm³/mol. The minimum atomic E-state index is -3.94. The van der Waals surface area contributed by atoms with Crippen molar-refractivity contribution < 1.29 is 17.9 Å². The molecule has 0 heterocycles. The molecule has 0 fully saturated rings. The Labute approximate surface area is 197 Å². The van der Waals surface area contributed by atoms with Crippen molar-refractivity contribution in [2.45, 2.75) is 18.7 Å². The molecule has 0 unspecified atom stereocenters. The molecule has 168 valence electrons. The van der Waals surface area contributed by atoms with Gasteiger partial charge in [-0.2, -0.15) is 0 Å². The quantitative estimate of drug-likeness (QED) is 0.426. The summed E-state index contributed by atoms with van der Waals surface area (Å²) in [4.78, 5) is 12.8. The van der Waals surface area contributed by atoms with E-state index in [9.17, 15) is 13.2 Å². The van der Waals surface area contributed by atoms with Crippen molar-refractivity contribution >= 4 is 37.5 Å². The highest BCUT2D eigenvalue weighted by atomic mass is 79.9. The summed E-state index contributed by atoms with van der Waals surface area (Å²) >= 11 is 3.37. The molecule has 0 saturated carbocycles. The summed E-state index contributed by atoms with van der Waals surface area (Å²) in [5, 5.41) is 2.74.